The van der Waals surface area contributed by atoms with Crippen molar-refractivity contribution in [2.24, 2.45) is 0 Å². The number of hydrogen-bond acceptors (Lipinski definition) is 9. The van der Waals surface area contributed by atoms with Crippen LogP contribution >= 0.6 is 0 Å². The predicted octanol–water partition coefficient (Wildman–Crippen LogP) is 1.61. The Labute approximate surface area is 217 Å². The highest BCUT2D eigenvalue weighted by Crippen LogP contribution is 1.83. The minimum absolute atomic E-state index is 0.0413. The van der Waals surface area contributed by atoms with Gasteiger partial charge in [0.1, 0.15) is 0 Å². The highest BCUT2D eigenvalue weighted by Gasteiger charge is 1.92. The summed E-state index contributed by atoms with van der Waals surface area (Å²) < 4.78 is 15.0. The fourth-order valence-electron chi connectivity index (χ4n) is 0.671. The Morgan fingerprint density at radius 2 is 0.595 bits per heavy atom. The summed E-state index contributed by atoms with van der Waals surface area (Å²) >= 11 is 0. The summed E-state index contributed by atoms with van der Waals surface area (Å²) in [4.78, 5) is 38.4. The zero-order valence-corrected chi connectivity index (χ0v) is 22.0. The van der Waals surface area contributed by atoms with Crippen LogP contribution in [-0.2, 0) is 33.4 Å². The third-order valence-electron chi connectivity index (χ3n) is 2.68. The number of rotatable bonds is 14. The van der Waals surface area contributed by atoms with E-state index in [-0.39, 0.29) is 35.5 Å². The topological polar surface area (TPSA) is 217 Å². The molecule has 0 rings (SSSR count). The van der Waals surface area contributed by atoms with Crippen molar-refractivity contribution in [1.82, 2.24) is 0 Å². The van der Waals surface area contributed by atoms with Gasteiger partial charge in [0.2, 0.25) is 0 Å². The predicted molar refractivity (Wildman–Crippen MR) is 136 cm³/mol. The minimum Gasteiger partial charge on any atom is -0.478 e. The molecule has 0 radical (unpaired) electrons. The molecule has 0 aliphatic heterocycles. The van der Waals surface area contributed by atoms with Crippen molar-refractivity contribution in [3.05, 3.63) is 48.6 Å². The maximum Gasteiger partial charge on any atom is 0.330 e. The van der Waals surface area contributed by atoms with Crippen LogP contribution in [0.3, 0.4) is 0 Å². The van der Waals surface area contributed by atoms with E-state index in [1.165, 1.54) is 27.7 Å². The van der Waals surface area contributed by atoms with Crippen LogP contribution in [0.1, 0.15) is 27.7 Å². The van der Waals surface area contributed by atoms with Crippen LogP contribution in [0.15, 0.2) is 48.6 Å². The number of hydrogen-bond donors (Lipinski definition) is 6. The summed E-state index contributed by atoms with van der Waals surface area (Å²) in [6, 6.07) is 0. The Hall–Kier alpha value is -3.36. The molecule has 0 saturated heterocycles. The fourth-order valence-corrected chi connectivity index (χ4v) is 0.671. The first-order valence-corrected chi connectivity index (χ1v) is 10.5. The van der Waals surface area contributed by atoms with Crippen LogP contribution in [0.25, 0.3) is 0 Å². The van der Waals surface area contributed by atoms with Gasteiger partial charge >= 0.3 is 23.9 Å². The number of aliphatic hydroxyl groups excluding tert-OH is 2. The molecule has 0 aromatic carbocycles. The van der Waals surface area contributed by atoms with Gasteiger partial charge in [0.25, 0.3) is 0 Å². The Balaban J connectivity index is -0.000000122. The quantitative estimate of drug-likeness (QED) is 0.137. The van der Waals surface area contributed by atoms with Gasteiger partial charge in [0.05, 0.1) is 52.9 Å². The molecule has 0 fully saturated rings. The SMILES string of the molecule is C=C(C)C(=O)O.C=C(C)C(=O)O.C=C(C)C(=O)O.C=C(C)C(=O)O.OCCOCCOCCOCCO. The van der Waals surface area contributed by atoms with Crippen LogP contribution in [0.5, 0.6) is 0 Å². The molecule has 0 aliphatic rings. The number of ether oxygens (including phenoxy) is 3. The van der Waals surface area contributed by atoms with Gasteiger partial charge in [0, 0.05) is 22.3 Å². The number of carboxylic acid groups (broad SMARTS) is 4. The van der Waals surface area contributed by atoms with Gasteiger partial charge in [-0.15, -0.1) is 0 Å². The third kappa shape index (κ3) is 59.8. The van der Waals surface area contributed by atoms with Crippen LogP contribution in [0, 0.1) is 0 Å². The molecule has 0 aliphatic carbocycles. The molecular formula is C24H42O13. The Kier molecular flexibility index (Phi) is 38.5. The van der Waals surface area contributed by atoms with Crippen molar-refractivity contribution in [1.29, 1.82) is 0 Å². The molecule has 0 amide bonds. The highest BCUT2D eigenvalue weighted by molar-refractivity contribution is 5.85. The molecule has 0 saturated carbocycles. The lowest BCUT2D eigenvalue weighted by atomic mass is 10.4. The molecule has 0 unspecified atom stereocenters. The molecule has 6 N–H and O–H groups in total. The summed E-state index contributed by atoms with van der Waals surface area (Å²) in [5, 5.41) is 48.3. The average molecular weight is 539 g/mol. The van der Waals surface area contributed by atoms with E-state index in [4.69, 9.17) is 44.8 Å². The molecule has 0 spiro atoms. The summed E-state index contributed by atoms with van der Waals surface area (Å²) in [5.74, 6) is -3.74. The van der Waals surface area contributed by atoms with E-state index >= 15 is 0 Å². The maximum absolute atomic E-state index is 9.60. The fraction of sp³-hybridized carbons (Fsp3) is 0.500. The van der Waals surface area contributed by atoms with Gasteiger partial charge in [-0.05, 0) is 27.7 Å². The van der Waals surface area contributed by atoms with Crippen LogP contribution < -0.4 is 0 Å². The highest BCUT2D eigenvalue weighted by atomic mass is 16.5. The first-order valence-electron chi connectivity index (χ1n) is 10.5. The van der Waals surface area contributed by atoms with Gasteiger partial charge in [-0.3, -0.25) is 0 Å². The zero-order chi connectivity index (χ0) is 30.4. The molecule has 0 bridgehead atoms. The molecule has 216 valence electrons. The molecule has 37 heavy (non-hydrogen) atoms. The van der Waals surface area contributed by atoms with Gasteiger partial charge in [-0.1, -0.05) is 26.3 Å². The van der Waals surface area contributed by atoms with E-state index in [9.17, 15) is 19.2 Å². The van der Waals surface area contributed by atoms with E-state index in [0.29, 0.717) is 39.6 Å². The number of carbonyl (C=O) groups is 4. The van der Waals surface area contributed by atoms with Crippen molar-refractivity contribution in [3.8, 4) is 0 Å². The van der Waals surface area contributed by atoms with Crippen LogP contribution in [0.2, 0.25) is 0 Å². The maximum atomic E-state index is 9.60. The lowest BCUT2D eigenvalue weighted by Gasteiger charge is -2.04. The van der Waals surface area contributed by atoms with Crippen molar-refractivity contribution < 1.29 is 64.0 Å². The lowest BCUT2D eigenvalue weighted by Crippen LogP contribution is -2.11. The Morgan fingerprint density at radius 1 is 0.459 bits per heavy atom. The largest absolute Gasteiger partial charge is 0.478 e. The van der Waals surface area contributed by atoms with Crippen molar-refractivity contribution in [2.75, 3.05) is 52.9 Å². The van der Waals surface area contributed by atoms with Crippen molar-refractivity contribution >= 4 is 23.9 Å². The second kappa shape index (κ2) is 32.6. The second-order valence-electron chi connectivity index (χ2n) is 6.63. The van der Waals surface area contributed by atoms with Gasteiger partial charge in [-0.2, -0.15) is 0 Å². The van der Waals surface area contributed by atoms with Gasteiger partial charge in [0.15, 0.2) is 0 Å². The number of aliphatic hydroxyl groups is 2. The summed E-state index contributed by atoms with van der Waals surface area (Å²) in [6.45, 7) is 21.2. The van der Waals surface area contributed by atoms with E-state index in [1.54, 1.807) is 0 Å². The number of carboxylic acids is 4. The zero-order valence-electron chi connectivity index (χ0n) is 22.0. The van der Waals surface area contributed by atoms with E-state index in [0.717, 1.165) is 0 Å². The smallest absolute Gasteiger partial charge is 0.330 e. The molecule has 13 nitrogen and oxygen atoms in total. The van der Waals surface area contributed by atoms with Gasteiger partial charge < -0.3 is 44.8 Å². The molecular weight excluding hydrogens is 496 g/mol. The standard InChI is InChI=1S/C8H18O5.4C4H6O2/c9-1-3-11-5-7-13-8-6-12-4-2-10;4*1-3(2)4(5)6/h9-10H,1-8H2;4*1H2,2H3,(H,5,6). The Bertz CT molecular complexity index is 543. The van der Waals surface area contributed by atoms with Crippen molar-refractivity contribution in [3.63, 3.8) is 0 Å². The summed E-state index contributed by atoms with van der Waals surface area (Å²) in [7, 11) is 0. The van der Waals surface area contributed by atoms with Crippen molar-refractivity contribution in [2.45, 2.75) is 27.7 Å². The Morgan fingerprint density at radius 3 is 0.703 bits per heavy atom. The van der Waals surface area contributed by atoms with E-state index in [2.05, 4.69) is 26.3 Å². The summed E-state index contributed by atoms with van der Waals surface area (Å²) in [5.41, 5.74) is 0.704. The first-order chi connectivity index (χ1) is 17.0. The molecule has 0 heterocycles. The lowest BCUT2D eigenvalue weighted by molar-refractivity contribution is -0.133. The van der Waals surface area contributed by atoms with E-state index in [1.807, 2.05) is 0 Å². The number of aliphatic carboxylic acids is 4. The van der Waals surface area contributed by atoms with Crippen LogP contribution in [0.4, 0.5) is 0 Å². The normalized spacial score (nSPS) is 8.59. The monoisotopic (exact) mass is 538 g/mol. The second-order valence-corrected chi connectivity index (χ2v) is 6.63. The first kappa shape index (κ1) is 43.7. The van der Waals surface area contributed by atoms with Crippen LogP contribution in [-0.4, -0.2) is 107 Å². The molecule has 13 heteroatoms. The minimum atomic E-state index is -0.935. The summed E-state index contributed by atoms with van der Waals surface area (Å²) in [6.07, 6.45) is 0. The van der Waals surface area contributed by atoms with Gasteiger partial charge in [-0.25, -0.2) is 19.2 Å². The molecule has 0 aromatic heterocycles. The molecule has 0 aromatic rings. The third-order valence-corrected chi connectivity index (χ3v) is 2.68. The van der Waals surface area contributed by atoms with E-state index < -0.39 is 23.9 Å². The average Bonchev–Trinajstić information content (AvgIpc) is 2.79. The molecule has 0 atom stereocenters.